The molecule has 0 saturated heterocycles. The van der Waals surface area contributed by atoms with Crippen LogP contribution < -0.4 is 10.1 Å². The van der Waals surface area contributed by atoms with Crippen LogP contribution in [0.1, 0.15) is 22.5 Å². The Kier molecular flexibility index (Phi) is 5.21. The van der Waals surface area contributed by atoms with Gasteiger partial charge < -0.3 is 10.1 Å². The lowest BCUT2D eigenvalue weighted by Gasteiger charge is -2.15. The van der Waals surface area contributed by atoms with Crippen molar-refractivity contribution in [2.75, 3.05) is 11.9 Å². The van der Waals surface area contributed by atoms with E-state index < -0.39 is 30.8 Å². The van der Waals surface area contributed by atoms with Crippen LogP contribution in [0.15, 0.2) is 42.6 Å². The van der Waals surface area contributed by atoms with Crippen molar-refractivity contribution in [3.8, 4) is 5.75 Å². The minimum Gasteiger partial charge on any atom is -0.482 e. The van der Waals surface area contributed by atoms with E-state index in [9.17, 15) is 26.7 Å². The van der Waals surface area contributed by atoms with Gasteiger partial charge in [-0.2, -0.15) is 18.3 Å². The molecule has 0 aliphatic carbocycles. The lowest BCUT2D eigenvalue weighted by atomic mass is 10.1. The van der Waals surface area contributed by atoms with Crippen LogP contribution in [0.4, 0.5) is 27.6 Å². The predicted octanol–water partition coefficient (Wildman–Crippen LogP) is 4.70. The van der Waals surface area contributed by atoms with Crippen molar-refractivity contribution in [3.63, 3.8) is 0 Å². The molecule has 0 aliphatic heterocycles. The quantitative estimate of drug-likeness (QED) is 0.633. The van der Waals surface area contributed by atoms with Gasteiger partial charge >= 0.3 is 6.18 Å². The monoisotopic (exact) mass is 399 g/mol. The Labute approximate surface area is 155 Å². The van der Waals surface area contributed by atoms with Crippen LogP contribution in [-0.2, 0) is 7.05 Å². The topological polar surface area (TPSA) is 56.2 Å². The number of nitrogens with one attached hydrogen (secondary N) is 1. The van der Waals surface area contributed by atoms with Gasteiger partial charge in [0.05, 0.1) is 11.3 Å². The summed E-state index contributed by atoms with van der Waals surface area (Å²) in [6.07, 6.45) is -6.47. The number of aryl methyl sites for hydroxylation is 1. The van der Waals surface area contributed by atoms with E-state index in [0.29, 0.717) is 10.8 Å². The van der Waals surface area contributed by atoms with E-state index in [1.807, 2.05) is 0 Å². The fourth-order valence-corrected chi connectivity index (χ4v) is 2.63. The number of ether oxygens (including phenoxy) is 1. The standard InChI is InChI=1S/C18H14F5N3O2/c1-26-8-12(15(25-26)16(19)20)17(27)24-13-6-10-4-2-3-5-11(10)7-14(13)28-9-18(21,22)23/h2-8,16H,9H2,1H3,(H,24,27). The minimum atomic E-state index is -4.58. The highest BCUT2D eigenvalue weighted by atomic mass is 19.4. The van der Waals surface area contributed by atoms with Crippen LogP contribution in [0.3, 0.4) is 0 Å². The molecule has 10 heteroatoms. The number of carbonyl (C=O) groups excluding carboxylic acids is 1. The molecule has 1 amide bonds. The number of carbonyl (C=O) groups is 1. The molecule has 28 heavy (non-hydrogen) atoms. The lowest BCUT2D eigenvalue weighted by molar-refractivity contribution is -0.153. The van der Waals surface area contributed by atoms with Gasteiger partial charge in [0.15, 0.2) is 6.61 Å². The molecule has 0 aliphatic rings. The summed E-state index contributed by atoms with van der Waals surface area (Å²) in [4.78, 5) is 12.5. The Balaban J connectivity index is 1.97. The Hall–Kier alpha value is -3.17. The number of amides is 1. The smallest absolute Gasteiger partial charge is 0.422 e. The molecular weight excluding hydrogens is 385 g/mol. The number of fused-ring (bicyclic) bond motifs is 1. The average Bonchev–Trinajstić information content (AvgIpc) is 3.01. The van der Waals surface area contributed by atoms with Gasteiger partial charge in [0.25, 0.3) is 12.3 Å². The number of alkyl halides is 5. The van der Waals surface area contributed by atoms with E-state index in [0.717, 1.165) is 10.9 Å². The van der Waals surface area contributed by atoms with Crippen molar-refractivity contribution in [2.24, 2.45) is 7.05 Å². The molecule has 1 N–H and O–H groups in total. The average molecular weight is 399 g/mol. The maximum absolute atomic E-state index is 13.1. The summed E-state index contributed by atoms with van der Waals surface area (Å²) in [5.41, 5.74) is -1.18. The minimum absolute atomic E-state index is 0.0722. The Morgan fingerprint density at radius 2 is 1.86 bits per heavy atom. The summed E-state index contributed by atoms with van der Waals surface area (Å²) in [6.45, 7) is -1.57. The van der Waals surface area contributed by atoms with Gasteiger partial charge in [-0.15, -0.1) is 0 Å². The molecule has 0 atom stereocenters. The number of benzene rings is 2. The molecule has 0 unspecified atom stereocenters. The maximum atomic E-state index is 13.1. The fraction of sp³-hybridized carbons (Fsp3) is 0.222. The van der Waals surface area contributed by atoms with Crippen LogP contribution >= 0.6 is 0 Å². The molecule has 3 aromatic rings. The zero-order valence-electron chi connectivity index (χ0n) is 14.4. The van der Waals surface area contributed by atoms with Crippen molar-refractivity contribution in [1.29, 1.82) is 0 Å². The molecule has 2 aromatic carbocycles. The number of hydrogen-bond acceptors (Lipinski definition) is 3. The van der Waals surface area contributed by atoms with E-state index in [1.165, 1.54) is 19.2 Å². The van der Waals surface area contributed by atoms with Gasteiger partial charge in [0.1, 0.15) is 11.4 Å². The zero-order chi connectivity index (χ0) is 20.5. The van der Waals surface area contributed by atoms with E-state index in [-0.39, 0.29) is 17.0 Å². The third-order valence-corrected chi connectivity index (χ3v) is 3.80. The van der Waals surface area contributed by atoms with E-state index >= 15 is 0 Å². The molecule has 1 heterocycles. The van der Waals surface area contributed by atoms with Crippen molar-refractivity contribution < 1.29 is 31.5 Å². The molecule has 0 bridgehead atoms. The number of hydrogen-bond donors (Lipinski definition) is 1. The fourth-order valence-electron chi connectivity index (χ4n) is 2.63. The second kappa shape index (κ2) is 7.45. The normalized spacial score (nSPS) is 11.8. The molecule has 0 fully saturated rings. The Morgan fingerprint density at radius 1 is 1.21 bits per heavy atom. The van der Waals surface area contributed by atoms with E-state index in [4.69, 9.17) is 4.74 Å². The van der Waals surface area contributed by atoms with Gasteiger partial charge in [0, 0.05) is 13.2 Å². The molecule has 0 saturated carbocycles. The van der Waals surface area contributed by atoms with Gasteiger partial charge in [0.2, 0.25) is 0 Å². The highest BCUT2D eigenvalue weighted by Gasteiger charge is 2.29. The molecule has 1 aromatic heterocycles. The highest BCUT2D eigenvalue weighted by Crippen LogP contribution is 2.33. The van der Waals surface area contributed by atoms with Gasteiger partial charge in [-0.05, 0) is 22.9 Å². The van der Waals surface area contributed by atoms with Crippen molar-refractivity contribution in [1.82, 2.24) is 9.78 Å². The first kappa shape index (κ1) is 19.6. The molecule has 3 rings (SSSR count). The van der Waals surface area contributed by atoms with E-state index in [1.54, 1.807) is 24.3 Å². The van der Waals surface area contributed by atoms with Crippen molar-refractivity contribution in [3.05, 3.63) is 53.9 Å². The summed E-state index contributed by atoms with van der Waals surface area (Å²) < 4.78 is 69.7. The molecular formula is C18H14F5N3O2. The summed E-state index contributed by atoms with van der Waals surface area (Å²) in [7, 11) is 1.37. The predicted molar refractivity (Wildman–Crippen MR) is 91.6 cm³/mol. The number of nitrogens with zero attached hydrogens (tertiary/aromatic N) is 2. The van der Waals surface area contributed by atoms with Crippen LogP contribution in [0, 0.1) is 0 Å². The van der Waals surface area contributed by atoms with Crippen LogP contribution in [0.2, 0.25) is 0 Å². The molecule has 5 nitrogen and oxygen atoms in total. The number of anilines is 1. The first-order valence-corrected chi connectivity index (χ1v) is 7.99. The van der Waals surface area contributed by atoms with Gasteiger partial charge in [-0.3, -0.25) is 9.48 Å². The first-order valence-electron chi connectivity index (χ1n) is 7.99. The lowest BCUT2D eigenvalue weighted by Crippen LogP contribution is -2.20. The maximum Gasteiger partial charge on any atom is 0.422 e. The summed E-state index contributed by atoms with van der Waals surface area (Å²) in [6, 6.07) is 9.51. The first-order chi connectivity index (χ1) is 13.1. The SMILES string of the molecule is Cn1cc(C(=O)Nc2cc3ccccc3cc2OCC(F)(F)F)c(C(F)F)n1. The third-order valence-electron chi connectivity index (χ3n) is 3.80. The molecule has 0 spiro atoms. The second-order valence-corrected chi connectivity index (χ2v) is 5.96. The third kappa shape index (κ3) is 4.38. The van der Waals surface area contributed by atoms with E-state index in [2.05, 4.69) is 10.4 Å². The Bertz CT molecular complexity index is 1010. The van der Waals surface area contributed by atoms with Crippen LogP contribution in [-0.4, -0.2) is 28.5 Å². The Morgan fingerprint density at radius 3 is 2.46 bits per heavy atom. The van der Waals surface area contributed by atoms with Crippen LogP contribution in [0.25, 0.3) is 10.8 Å². The van der Waals surface area contributed by atoms with Gasteiger partial charge in [-0.25, -0.2) is 8.78 Å². The zero-order valence-corrected chi connectivity index (χ0v) is 14.4. The summed E-state index contributed by atoms with van der Waals surface area (Å²) in [5.74, 6) is -1.16. The highest BCUT2D eigenvalue weighted by molar-refractivity contribution is 6.07. The van der Waals surface area contributed by atoms with Crippen molar-refractivity contribution in [2.45, 2.75) is 12.6 Å². The van der Waals surface area contributed by atoms with Crippen molar-refractivity contribution >= 4 is 22.4 Å². The van der Waals surface area contributed by atoms with Gasteiger partial charge in [-0.1, -0.05) is 24.3 Å². The summed E-state index contributed by atoms with van der Waals surface area (Å²) in [5, 5.41) is 7.10. The largest absolute Gasteiger partial charge is 0.482 e. The second-order valence-electron chi connectivity index (χ2n) is 5.96. The number of halogens is 5. The summed E-state index contributed by atoms with van der Waals surface area (Å²) >= 11 is 0. The number of rotatable bonds is 5. The number of aromatic nitrogens is 2. The molecule has 0 radical (unpaired) electrons. The van der Waals surface area contributed by atoms with Crippen LogP contribution in [0.5, 0.6) is 5.75 Å². The molecule has 148 valence electrons.